The molecule has 4 heteroatoms. The SMILES string of the molecule is CCOC(=O)N1CCC(NCC2CCC(C)C2)CC1. The van der Waals surface area contributed by atoms with Crippen molar-refractivity contribution in [3.05, 3.63) is 0 Å². The molecule has 0 bridgehead atoms. The Kier molecular flexibility index (Phi) is 5.49. The zero-order chi connectivity index (χ0) is 13.7. The molecule has 1 saturated carbocycles. The second kappa shape index (κ2) is 7.13. The fourth-order valence-corrected chi connectivity index (χ4v) is 3.32. The second-order valence-electron chi connectivity index (χ2n) is 6.15. The molecule has 110 valence electrons. The van der Waals surface area contributed by atoms with Gasteiger partial charge < -0.3 is 15.0 Å². The van der Waals surface area contributed by atoms with E-state index in [1.807, 2.05) is 11.8 Å². The van der Waals surface area contributed by atoms with Gasteiger partial charge in [-0.05, 0) is 51.0 Å². The van der Waals surface area contributed by atoms with E-state index in [0.29, 0.717) is 12.6 Å². The normalized spacial score (nSPS) is 28.6. The summed E-state index contributed by atoms with van der Waals surface area (Å²) >= 11 is 0. The highest BCUT2D eigenvalue weighted by molar-refractivity contribution is 5.67. The Hall–Kier alpha value is -0.770. The van der Waals surface area contributed by atoms with E-state index in [2.05, 4.69) is 12.2 Å². The summed E-state index contributed by atoms with van der Waals surface area (Å²) in [5, 5.41) is 3.70. The van der Waals surface area contributed by atoms with Crippen LogP contribution in [0.5, 0.6) is 0 Å². The molecule has 1 aliphatic carbocycles. The molecule has 2 rings (SSSR count). The molecule has 4 nitrogen and oxygen atoms in total. The smallest absolute Gasteiger partial charge is 0.409 e. The van der Waals surface area contributed by atoms with Crippen LogP contribution in [0.15, 0.2) is 0 Å². The first-order valence-corrected chi connectivity index (χ1v) is 7.84. The molecule has 1 aliphatic heterocycles. The third-order valence-corrected chi connectivity index (χ3v) is 4.52. The van der Waals surface area contributed by atoms with Crippen LogP contribution in [0.1, 0.15) is 46.0 Å². The summed E-state index contributed by atoms with van der Waals surface area (Å²) in [6.07, 6.45) is 6.13. The van der Waals surface area contributed by atoms with Gasteiger partial charge in [0.15, 0.2) is 0 Å². The van der Waals surface area contributed by atoms with E-state index in [-0.39, 0.29) is 6.09 Å². The number of hydrogen-bond acceptors (Lipinski definition) is 3. The number of ether oxygens (including phenoxy) is 1. The zero-order valence-electron chi connectivity index (χ0n) is 12.4. The second-order valence-corrected chi connectivity index (χ2v) is 6.15. The highest BCUT2D eigenvalue weighted by atomic mass is 16.6. The number of amides is 1. The van der Waals surface area contributed by atoms with E-state index in [9.17, 15) is 4.79 Å². The summed E-state index contributed by atoms with van der Waals surface area (Å²) in [7, 11) is 0. The van der Waals surface area contributed by atoms with Crippen molar-refractivity contribution in [3.63, 3.8) is 0 Å². The lowest BCUT2D eigenvalue weighted by atomic mass is 10.0. The summed E-state index contributed by atoms with van der Waals surface area (Å²) < 4.78 is 5.04. The zero-order valence-corrected chi connectivity index (χ0v) is 12.4. The molecule has 2 fully saturated rings. The maximum absolute atomic E-state index is 11.6. The lowest BCUT2D eigenvalue weighted by Gasteiger charge is -2.32. The lowest BCUT2D eigenvalue weighted by Crippen LogP contribution is -2.46. The molecular weight excluding hydrogens is 240 g/mol. The van der Waals surface area contributed by atoms with Gasteiger partial charge in [-0.2, -0.15) is 0 Å². The molecule has 1 heterocycles. The Bertz CT molecular complexity index is 288. The highest BCUT2D eigenvalue weighted by Gasteiger charge is 2.25. The molecule has 0 aromatic rings. The molecule has 0 aromatic carbocycles. The third kappa shape index (κ3) is 4.37. The van der Waals surface area contributed by atoms with Gasteiger partial charge in [0.05, 0.1) is 6.61 Å². The number of rotatable bonds is 4. The number of likely N-dealkylation sites (tertiary alicyclic amines) is 1. The Morgan fingerprint density at radius 3 is 2.58 bits per heavy atom. The van der Waals surface area contributed by atoms with Gasteiger partial charge in [0, 0.05) is 19.1 Å². The van der Waals surface area contributed by atoms with Gasteiger partial charge in [-0.25, -0.2) is 4.79 Å². The minimum absolute atomic E-state index is 0.148. The lowest BCUT2D eigenvalue weighted by molar-refractivity contribution is 0.0948. The molecule has 2 aliphatic rings. The van der Waals surface area contributed by atoms with E-state index < -0.39 is 0 Å². The summed E-state index contributed by atoms with van der Waals surface area (Å²) in [4.78, 5) is 13.4. The van der Waals surface area contributed by atoms with E-state index in [4.69, 9.17) is 4.74 Å². The highest BCUT2D eigenvalue weighted by Crippen LogP contribution is 2.29. The first-order chi connectivity index (χ1) is 9.19. The van der Waals surface area contributed by atoms with Crippen LogP contribution in [0.3, 0.4) is 0 Å². The molecule has 0 radical (unpaired) electrons. The van der Waals surface area contributed by atoms with Crippen LogP contribution in [0.25, 0.3) is 0 Å². The Balaban J connectivity index is 1.62. The van der Waals surface area contributed by atoms with Crippen LogP contribution in [0.4, 0.5) is 4.79 Å². The summed E-state index contributed by atoms with van der Waals surface area (Å²) in [5.74, 6) is 1.79. The Morgan fingerprint density at radius 1 is 1.26 bits per heavy atom. The van der Waals surface area contributed by atoms with E-state index in [1.54, 1.807) is 0 Å². The van der Waals surface area contributed by atoms with Crippen molar-refractivity contribution in [1.29, 1.82) is 0 Å². The van der Waals surface area contributed by atoms with Gasteiger partial charge in [0.1, 0.15) is 0 Å². The van der Waals surface area contributed by atoms with Crippen LogP contribution >= 0.6 is 0 Å². The summed E-state index contributed by atoms with van der Waals surface area (Å²) in [5.41, 5.74) is 0. The van der Waals surface area contributed by atoms with Crippen LogP contribution < -0.4 is 5.32 Å². The topological polar surface area (TPSA) is 41.6 Å². The van der Waals surface area contributed by atoms with Gasteiger partial charge in [-0.15, -0.1) is 0 Å². The number of hydrogen-bond donors (Lipinski definition) is 1. The molecule has 0 spiro atoms. The van der Waals surface area contributed by atoms with Gasteiger partial charge >= 0.3 is 6.09 Å². The average molecular weight is 268 g/mol. The van der Waals surface area contributed by atoms with Crippen LogP contribution in [0.2, 0.25) is 0 Å². The van der Waals surface area contributed by atoms with Gasteiger partial charge in [-0.3, -0.25) is 0 Å². The van der Waals surface area contributed by atoms with Crippen molar-refractivity contribution in [2.24, 2.45) is 11.8 Å². The predicted octanol–water partition coefficient (Wildman–Crippen LogP) is 2.63. The molecule has 19 heavy (non-hydrogen) atoms. The third-order valence-electron chi connectivity index (χ3n) is 4.52. The Morgan fingerprint density at radius 2 is 2.00 bits per heavy atom. The molecule has 0 aromatic heterocycles. The van der Waals surface area contributed by atoms with E-state index in [0.717, 1.165) is 44.3 Å². The van der Waals surface area contributed by atoms with Crippen molar-refractivity contribution in [2.75, 3.05) is 26.2 Å². The monoisotopic (exact) mass is 268 g/mol. The number of nitrogens with zero attached hydrogens (tertiary/aromatic N) is 1. The molecule has 1 saturated heterocycles. The first kappa shape index (κ1) is 14.6. The van der Waals surface area contributed by atoms with Crippen molar-refractivity contribution < 1.29 is 9.53 Å². The van der Waals surface area contributed by atoms with Gasteiger partial charge in [0.25, 0.3) is 0 Å². The van der Waals surface area contributed by atoms with Crippen LogP contribution in [-0.4, -0.2) is 43.3 Å². The average Bonchev–Trinajstić information content (AvgIpc) is 2.83. The molecule has 2 unspecified atom stereocenters. The molecule has 1 amide bonds. The standard InChI is InChI=1S/C15H28N2O2/c1-3-19-15(18)17-8-6-14(7-9-17)16-11-13-5-4-12(2)10-13/h12-14,16H,3-11H2,1-2H3. The molecule has 2 atom stereocenters. The fourth-order valence-electron chi connectivity index (χ4n) is 3.32. The summed E-state index contributed by atoms with van der Waals surface area (Å²) in [6, 6.07) is 0.585. The Labute approximate surface area is 116 Å². The maximum Gasteiger partial charge on any atom is 0.409 e. The number of carbonyl (C=O) groups excluding carboxylic acids is 1. The van der Waals surface area contributed by atoms with E-state index >= 15 is 0 Å². The van der Waals surface area contributed by atoms with Crippen molar-refractivity contribution in [1.82, 2.24) is 10.2 Å². The summed E-state index contributed by atoms with van der Waals surface area (Å²) in [6.45, 7) is 7.51. The molecule has 1 N–H and O–H groups in total. The predicted molar refractivity (Wildman–Crippen MR) is 76.1 cm³/mol. The van der Waals surface area contributed by atoms with Crippen LogP contribution in [-0.2, 0) is 4.74 Å². The fraction of sp³-hybridized carbons (Fsp3) is 0.933. The van der Waals surface area contributed by atoms with Gasteiger partial charge in [0.2, 0.25) is 0 Å². The van der Waals surface area contributed by atoms with Gasteiger partial charge in [-0.1, -0.05) is 13.3 Å². The maximum atomic E-state index is 11.6. The van der Waals surface area contributed by atoms with Crippen molar-refractivity contribution >= 4 is 6.09 Å². The van der Waals surface area contributed by atoms with Crippen molar-refractivity contribution in [2.45, 2.75) is 52.0 Å². The quantitative estimate of drug-likeness (QED) is 0.852. The molecular formula is C15H28N2O2. The van der Waals surface area contributed by atoms with Crippen molar-refractivity contribution in [3.8, 4) is 0 Å². The number of nitrogens with one attached hydrogen (secondary N) is 1. The first-order valence-electron chi connectivity index (χ1n) is 7.84. The van der Waals surface area contributed by atoms with E-state index in [1.165, 1.54) is 19.3 Å². The largest absolute Gasteiger partial charge is 0.450 e. The van der Waals surface area contributed by atoms with Crippen LogP contribution in [0, 0.1) is 11.8 Å². The number of piperidine rings is 1. The minimum Gasteiger partial charge on any atom is -0.450 e. The number of carbonyl (C=O) groups is 1. The minimum atomic E-state index is -0.148.